The Balaban J connectivity index is 1.77. The molecular formula is C16H20N2O. The first-order valence-electron chi connectivity index (χ1n) is 7.12. The number of hydrogen-bond acceptors (Lipinski definition) is 2. The third-order valence-corrected chi connectivity index (χ3v) is 4.06. The van der Waals surface area contributed by atoms with Gasteiger partial charge in [-0.15, -0.1) is 0 Å². The van der Waals surface area contributed by atoms with Gasteiger partial charge in [-0.2, -0.15) is 5.10 Å². The topological polar surface area (TPSA) is 38.1 Å². The zero-order valence-electron chi connectivity index (χ0n) is 11.1. The molecule has 1 N–H and O–H groups in total. The summed E-state index contributed by atoms with van der Waals surface area (Å²) in [5.41, 5.74) is 1.97. The molecule has 1 aromatic heterocycles. The summed E-state index contributed by atoms with van der Waals surface area (Å²) in [7, 11) is 0. The molecule has 2 aromatic rings. The van der Waals surface area contributed by atoms with Crippen molar-refractivity contribution in [1.82, 2.24) is 9.78 Å². The highest BCUT2D eigenvalue weighted by Gasteiger charge is 2.24. The fourth-order valence-electron chi connectivity index (χ4n) is 2.93. The van der Waals surface area contributed by atoms with Crippen LogP contribution in [0.15, 0.2) is 42.7 Å². The van der Waals surface area contributed by atoms with E-state index in [2.05, 4.69) is 5.10 Å². The van der Waals surface area contributed by atoms with Gasteiger partial charge in [0.1, 0.15) is 0 Å². The summed E-state index contributed by atoms with van der Waals surface area (Å²) >= 11 is 0. The maximum atomic E-state index is 10.5. The molecule has 1 heterocycles. The molecule has 19 heavy (non-hydrogen) atoms. The van der Waals surface area contributed by atoms with Crippen molar-refractivity contribution in [3.8, 4) is 5.69 Å². The third kappa shape index (κ3) is 2.71. The molecule has 0 radical (unpaired) electrons. The Labute approximate surface area is 113 Å². The van der Waals surface area contributed by atoms with Gasteiger partial charge in [0.2, 0.25) is 0 Å². The molecule has 1 aromatic carbocycles. The van der Waals surface area contributed by atoms with E-state index in [1.54, 1.807) is 6.20 Å². The number of rotatable bonds is 3. The number of aliphatic hydroxyl groups is 1. The quantitative estimate of drug-likeness (QED) is 0.913. The van der Waals surface area contributed by atoms with E-state index in [4.69, 9.17) is 0 Å². The fraction of sp³-hybridized carbons (Fsp3) is 0.438. The highest BCUT2D eigenvalue weighted by atomic mass is 16.3. The van der Waals surface area contributed by atoms with Crippen LogP contribution >= 0.6 is 0 Å². The molecule has 1 aliphatic carbocycles. The summed E-state index contributed by atoms with van der Waals surface area (Å²) in [6.07, 6.45) is 9.46. The summed E-state index contributed by atoms with van der Waals surface area (Å²) < 4.78 is 1.83. The van der Waals surface area contributed by atoms with Crippen LogP contribution in [0.5, 0.6) is 0 Å². The molecule has 0 bridgehead atoms. The van der Waals surface area contributed by atoms with Crippen LogP contribution in [0.2, 0.25) is 0 Å². The summed E-state index contributed by atoms with van der Waals surface area (Å²) in [4.78, 5) is 0. The zero-order chi connectivity index (χ0) is 13.1. The largest absolute Gasteiger partial charge is 0.388 e. The summed E-state index contributed by atoms with van der Waals surface area (Å²) in [5.74, 6) is 0.405. The van der Waals surface area contributed by atoms with Crippen molar-refractivity contribution in [3.05, 3.63) is 48.3 Å². The van der Waals surface area contributed by atoms with E-state index in [1.165, 1.54) is 19.3 Å². The van der Waals surface area contributed by atoms with Crippen LogP contribution in [-0.4, -0.2) is 14.9 Å². The number of aromatic nitrogens is 2. The maximum Gasteiger partial charge on any atom is 0.0848 e. The van der Waals surface area contributed by atoms with Crippen molar-refractivity contribution in [2.24, 2.45) is 5.92 Å². The zero-order valence-corrected chi connectivity index (χ0v) is 11.1. The standard InChI is InChI=1S/C16H20N2O/c19-16(13-7-3-1-4-8-13)14-11-17-18(12-14)15-9-5-2-6-10-15/h2,5-6,9-13,16,19H,1,3-4,7-8H2. The highest BCUT2D eigenvalue weighted by molar-refractivity contribution is 5.31. The van der Waals surface area contributed by atoms with E-state index in [-0.39, 0.29) is 6.10 Å². The Morgan fingerprint density at radius 1 is 1.11 bits per heavy atom. The van der Waals surface area contributed by atoms with Gasteiger partial charge in [0.25, 0.3) is 0 Å². The van der Waals surface area contributed by atoms with Crippen LogP contribution < -0.4 is 0 Å². The van der Waals surface area contributed by atoms with Crippen LogP contribution in [0.3, 0.4) is 0 Å². The van der Waals surface area contributed by atoms with Gasteiger partial charge in [0.15, 0.2) is 0 Å². The first-order valence-corrected chi connectivity index (χ1v) is 7.12. The van der Waals surface area contributed by atoms with Gasteiger partial charge in [-0.25, -0.2) is 4.68 Å². The Morgan fingerprint density at radius 2 is 1.84 bits per heavy atom. The van der Waals surface area contributed by atoms with Gasteiger partial charge in [0, 0.05) is 11.8 Å². The van der Waals surface area contributed by atoms with Gasteiger partial charge >= 0.3 is 0 Å². The monoisotopic (exact) mass is 256 g/mol. The normalized spacial score (nSPS) is 18.4. The predicted molar refractivity (Wildman–Crippen MR) is 75.1 cm³/mol. The van der Waals surface area contributed by atoms with E-state index in [1.807, 2.05) is 41.2 Å². The predicted octanol–water partition coefficient (Wildman–Crippen LogP) is 3.49. The Hall–Kier alpha value is -1.61. The minimum absolute atomic E-state index is 0.363. The minimum atomic E-state index is -0.363. The second-order valence-corrected chi connectivity index (χ2v) is 5.40. The average molecular weight is 256 g/mol. The second kappa shape index (κ2) is 5.57. The van der Waals surface area contributed by atoms with Gasteiger partial charge < -0.3 is 5.11 Å². The van der Waals surface area contributed by atoms with Crippen LogP contribution in [0.1, 0.15) is 43.8 Å². The van der Waals surface area contributed by atoms with Gasteiger partial charge in [-0.1, -0.05) is 37.5 Å². The third-order valence-electron chi connectivity index (χ3n) is 4.06. The lowest BCUT2D eigenvalue weighted by molar-refractivity contribution is 0.0848. The summed E-state index contributed by atoms with van der Waals surface area (Å²) in [6.45, 7) is 0. The number of hydrogen-bond donors (Lipinski definition) is 1. The first-order chi connectivity index (χ1) is 9.34. The SMILES string of the molecule is OC(c1cnn(-c2ccccc2)c1)C1CCCCC1. The molecule has 1 atom stereocenters. The smallest absolute Gasteiger partial charge is 0.0848 e. The van der Waals surface area contributed by atoms with Crippen molar-refractivity contribution in [2.45, 2.75) is 38.2 Å². The van der Waals surface area contributed by atoms with Crippen molar-refractivity contribution in [1.29, 1.82) is 0 Å². The fourth-order valence-corrected chi connectivity index (χ4v) is 2.93. The molecule has 3 nitrogen and oxygen atoms in total. The number of nitrogens with zero attached hydrogens (tertiary/aromatic N) is 2. The van der Waals surface area contributed by atoms with E-state index >= 15 is 0 Å². The van der Waals surface area contributed by atoms with Crippen LogP contribution in [-0.2, 0) is 0 Å². The summed E-state index contributed by atoms with van der Waals surface area (Å²) in [6, 6.07) is 10.0. The molecule has 100 valence electrons. The van der Waals surface area contributed by atoms with Crippen molar-refractivity contribution in [3.63, 3.8) is 0 Å². The first kappa shape index (κ1) is 12.4. The minimum Gasteiger partial charge on any atom is -0.388 e. The Morgan fingerprint density at radius 3 is 2.58 bits per heavy atom. The number of para-hydroxylation sites is 1. The molecule has 3 heteroatoms. The van der Waals surface area contributed by atoms with E-state index < -0.39 is 0 Å². The average Bonchev–Trinajstić information content (AvgIpc) is 2.98. The van der Waals surface area contributed by atoms with E-state index in [9.17, 15) is 5.11 Å². The van der Waals surface area contributed by atoms with E-state index in [0.29, 0.717) is 5.92 Å². The Bertz CT molecular complexity index is 515. The lowest BCUT2D eigenvalue weighted by Gasteiger charge is -2.25. The highest BCUT2D eigenvalue weighted by Crippen LogP contribution is 2.34. The van der Waals surface area contributed by atoms with Crippen molar-refractivity contribution in [2.75, 3.05) is 0 Å². The van der Waals surface area contributed by atoms with Crippen molar-refractivity contribution < 1.29 is 5.11 Å². The molecule has 0 aliphatic heterocycles. The summed E-state index contributed by atoms with van der Waals surface area (Å²) in [5, 5.41) is 14.8. The maximum absolute atomic E-state index is 10.5. The van der Waals surface area contributed by atoms with Crippen molar-refractivity contribution >= 4 is 0 Å². The number of benzene rings is 1. The molecule has 3 rings (SSSR count). The molecule has 1 saturated carbocycles. The van der Waals surface area contributed by atoms with E-state index in [0.717, 1.165) is 24.1 Å². The van der Waals surface area contributed by atoms with Gasteiger partial charge in [-0.05, 0) is 30.9 Å². The molecule has 0 amide bonds. The Kier molecular flexibility index (Phi) is 3.65. The number of aliphatic hydroxyl groups excluding tert-OH is 1. The lowest BCUT2D eigenvalue weighted by Crippen LogP contribution is -2.15. The molecular weight excluding hydrogens is 236 g/mol. The van der Waals surface area contributed by atoms with Crippen LogP contribution in [0.4, 0.5) is 0 Å². The molecule has 1 fully saturated rings. The molecule has 0 saturated heterocycles. The molecule has 0 spiro atoms. The second-order valence-electron chi connectivity index (χ2n) is 5.40. The van der Waals surface area contributed by atoms with Gasteiger partial charge in [0.05, 0.1) is 18.0 Å². The molecule has 1 unspecified atom stereocenters. The van der Waals surface area contributed by atoms with Gasteiger partial charge in [-0.3, -0.25) is 0 Å². The molecule has 1 aliphatic rings. The van der Waals surface area contributed by atoms with Crippen LogP contribution in [0.25, 0.3) is 5.69 Å². The lowest BCUT2D eigenvalue weighted by atomic mass is 9.83. The van der Waals surface area contributed by atoms with Crippen LogP contribution in [0, 0.1) is 5.92 Å².